The van der Waals surface area contributed by atoms with Crippen molar-refractivity contribution >= 4 is 6.09 Å². The van der Waals surface area contributed by atoms with Gasteiger partial charge in [0.1, 0.15) is 0 Å². The molecule has 0 radical (unpaired) electrons. The molecule has 0 aliphatic heterocycles. The number of hydrogen-bond acceptors (Lipinski definition) is 5. The lowest BCUT2D eigenvalue weighted by atomic mass is 9.43. The summed E-state index contributed by atoms with van der Waals surface area (Å²) in [6.07, 6.45) is 9.37. The van der Waals surface area contributed by atoms with Crippen molar-refractivity contribution in [2.45, 2.75) is 89.2 Å². The predicted molar refractivity (Wildman–Crippen MR) is 128 cm³/mol. The van der Waals surface area contributed by atoms with Crippen LogP contribution in [0.3, 0.4) is 0 Å². The maximum Gasteiger partial charge on any atom is 0.407 e. The second-order valence-corrected chi connectivity index (χ2v) is 12.0. The van der Waals surface area contributed by atoms with Crippen LogP contribution >= 0.6 is 0 Å². The molecule has 5 rings (SSSR count). The van der Waals surface area contributed by atoms with Gasteiger partial charge in [-0.05, 0) is 98.5 Å². The number of carbonyl (C=O) groups is 1. The number of carboxylic acid groups (broad SMARTS) is 1. The highest BCUT2D eigenvalue weighted by atomic mass is 16.4. The number of nitrogens with zero attached hydrogens (tertiary/aromatic N) is 1. The van der Waals surface area contributed by atoms with E-state index in [0.717, 1.165) is 63.4 Å². The molecule has 34 heavy (non-hydrogen) atoms. The summed E-state index contributed by atoms with van der Waals surface area (Å²) in [6, 6.07) is 3.43. The largest absolute Gasteiger partial charge is 0.465 e. The molecule has 7 heteroatoms. The zero-order chi connectivity index (χ0) is 24.3. The summed E-state index contributed by atoms with van der Waals surface area (Å²) < 4.78 is 5.19. The molecule has 7 nitrogen and oxygen atoms in total. The summed E-state index contributed by atoms with van der Waals surface area (Å²) in [5.74, 6) is 1.42. The summed E-state index contributed by atoms with van der Waals surface area (Å²) in [4.78, 5) is 24.9. The van der Waals surface area contributed by atoms with Crippen LogP contribution in [0.2, 0.25) is 0 Å². The van der Waals surface area contributed by atoms with Crippen LogP contribution in [0.1, 0.15) is 83.1 Å². The Morgan fingerprint density at radius 1 is 1.12 bits per heavy atom. The minimum absolute atomic E-state index is 0.0521. The zero-order valence-electron chi connectivity index (χ0n) is 20.5. The first-order valence-electron chi connectivity index (χ1n) is 13.1. The van der Waals surface area contributed by atoms with E-state index in [4.69, 9.17) is 10.2 Å². The quantitative estimate of drug-likeness (QED) is 0.605. The molecule has 8 atom stereocenters. The average Bonchev–Trinajstić information content (AvgIpc) is 3.09. The van der Waals surface area contributed by atoms with Crippen molar-refractivity contribution in [2.75, 3.05) is 13.1 Å². The fourth-order valence-corrected chi connectivity index (χ4v) is 9.16. The lowest BCUT2D eigenvalue weighted by Crippen LogP contribution is -2.62. The van der Waals surface area contributed by atoms with Gasteiger partial charge in [-0.2, -0.15) is 0 Å². The molecule has 0 aromatic carbocycles. The number of fused-ring (bicyclic) bond motifs is 5. The molecule has 1 aromatic rings. The lowest BCUT2D eigenvalue weighted by Gasteiger charge is -2.64. The highest BCUT2D eigenvalue weighted by Gasteiger charge is 2.67. The fraction of sp³-hybridized carbons (Fsp3) is 0.778. The van der Waals surface area contributed by atoms with Crippen LogP contribution in [0.15, 0.2) is 27.6 Å². The van der Waals surface area contributed by atoms with Gasteiger partial charge in [-0.1, -0.05) is 13.8 Å². The van der Waals surface area contributed by atoms with Crippen molar-refractivity contribution in [3.8, 4) is 0 Å². The molecule has 4 saturated carbocycles. The van der Waals surface area contributed by atoms with E-state index >= 15 is 0 Å². The third-order valence-electron chi connectivity index (χ3n) is 11.0. The number of hydrogen-bond donors (Lipinski definition) is 3. The van der Waals surface area contributed by atoms with E-state index in [9.17, 15) is 19.8 Å². The van der Waals surface area contributed by atoms with E-state index in [2.05, 4.69) is 13.8 Å². The van der Waals surface area contributed by atoms with Gasteiger partial charge >= 0.3 is 11.7 Å². The molecule has 0 bridgehead atoms. The first-order chi connectivity index (χ1) is 16.1. The maximum atomic E-state index is 12.3. The van der Waals surface area contributed by atoms with Gasteiger partial charge in [-0.3, -0.25) is 0 Å². The molecule has 1 heterocycles. The Morgan fingerprint density at radius 3 is 2.59 bits per heavy atom. The van der Waals surface area contributed by atoms with E-state index in [1.165, 1.54) is 6.07 Å². The lowest BCUT2D eigenvalue weighted by molar-refractivity contribution is -0.203. The summed E-state index contributed by atoms with van der Waals surface area (Å²) in [6.45, 7) is 5.43. The number of amides is 1. The van der Waals surface area contributed by atoms with Gasteiger partial charge in [-0.15, -0.1) is 0 Å². The van der Waals surface area contributed by atoms with Gasteiger partial charge < -0.3 is 25.3 Å². The predicted octanol–water partition coefficient (Wildman–Crippen LogP) is 4.19. The van der Waals surface area contributed by atoms with Crippen molar-refractivity contribution in [3.63, 3.8) is 0 Å². The standard InChI is InChI=1S/C27H40N2O5/c1-25-10-7-19(29(14-13-28)24(31)32)15-18(25)4-5-22-21(25)8-11-26(2)20(9-12-27(22,26)33)17-3-6-23(30)34-16-17/h3,6,16,18-22,33H,4-5,7-15,28H2,1-2H3,(H,31,32)/t18-,19+,20-,21+,22-,25+,26-,27+/m1/s1. The van der Waals surface area contributed by atoms with Gasteiger partial charge in [0.25, 0.3) is 0 Å². The Hall–Kier alpha value is -1.86. The monoisotopic (exact) mass is 472 g/mol. The SMILES string of the molecule is C[C@]12CC[C@H](N(CCN)C(=O)O)C[C@H]1CC[C@@H]1[C@@H]2CC[C@]2(C)[C@@H](c3ccc(=O)oc3)CC[C@]12O. The molecule has 4 aliphatic rings. The van der Waals surface area contributed by atoms with Gasteiger partial charge in [0.05, 0.1) is 11.9 Å². The highest BCUT2D eigenvalue weighted by molar-refractivity contribution is 5.65. The molecule has 4 aliphatic carbocycles. The Kier molecular flexibility index (Phi) is 5.87. The molecule has 188 valence electrons. The first kappa shape index (κ1) is 23.9. The third kappa shape index (κ3) is 3.37. The fourth-order valence-electron chi connectivity index (χ4n) is 9.16. The van der Waals surface area contributed by atoms with Crippen molar-refractivity contribution in [1.29, 1.82) is 0 Å². The van der Waals surface area contributed by atoms with Gasteiger partial charge in [0.2, 0.25) is 0 Å². The number of nitrogens with two attached hydrogens (primary N) is 1. The molecule has 4 N–H and O–H groups in total. The summed E-state index contributed by atoms with van der Waals surface area (Å²) >= 11 is 0. The van der Waals surface area contributed by atoms with E-state index in [-0.39, 0.29) is 34.3 Å². The maximum absolute atomic E-state index is 12.3. The van der Waals surface area contributed by atoms with E-state index in [1.807, 2.05) is 6.07 Å². The molecule has 0 saturated heterocycles. The second-order valence-electron chi connectivity index (χ2n) is 12.0. The number of aliphatic hydroxyl groups is 1. The zero-order valence-corrected chi connectivity index (χ0v) is 20.5. The van der Waals surface area contributed by atoms with Crippen molar-refractivity contribution < 1.29 is 19.4 Å². The minimum atomic E-state index is -0.857. The Balaban J connectivity index is 1.39. The molecular formula is C27H40N2O5. The van der Waals surface area contributed by atoms with E-state index in [0.29, 0.717) is 24.9 Å². The molecule has 4 fully saturated rings. The molecule has 1 aromatic heterocycles. The molecule has 0 spiro atoms. The van der Waals surface area contributed by atoms with Gasteiger partial charge in [-0.25, -0.2) is 9.59 Å². The third-order valence-corrected chi connectivity index (χ3v) is 11.0. The Labute approximate surface area is 201 Å². The van der Waals surface area contributed by atoms with Crippen molar-refractivity contribution in [3.05, 3.63) is 34.4 Å². The summed E-state index contributed by atoms with van der Waals surface area (Å²) in [5, 5.41) is 22.1. The number of rotatable bonds is 4. The van der Waals surface area contributed by atoms with Crippen LogP contribution in [0.5, 0.6) is 0 Å². The summed E-state index contributed by atoms with van der Waals surface area (Å²) in [7, 11) is 0. The smallest absolute Gasteiger partial charge is 0.407 e. The normalized spacial score (nSPS) is 43.5. The highest BCUT2D eigenvalue weighted by Crippen LogP contribution is 2.70. The van der Waals surface area contributed by atoms with Crippen molar-refractivity contribution in [1.82, 2.24) is 4.90 Å². The first-order valence-corrected chi connectivity index (χ1v) is 13.1. The molecule has 1 amide bonds. The van der Waals surface area contributed by atoms with Gasteiger partial charge in [0, 0.05) is 30.6 Å². The minimum Gasteiger partial charge on any atom is -0.465 e. The van der Waals surface area contributed by atoms with Crippen LogP contribution in [-0.4, -0.2) is 45.9 Å². The van der Waals surface area contributed by atoms with Crippen LogP contribution in [-0.2, 0) is 0 Å². The van der Waals surface area contributed by atoms with Crippen LogP contribution in [0, 0.1) is 28.6 Å². The topological polar surface area (TPSA) is 117 Å². The second kappa shape index (κ2) is 8.37. The van der Waals surface area contributed by atoms with Gasteiger partial charge in [0.15, 0.2) is 0 Å². The Bertz CT molecular complexity index is 975. The Morgan fingerprint density at radius 2 is 1.91 bits per heavy atom. The van der Waals surface area contributed by atoms with E-state index in [1.54, 1.807) is 11.2 Å². The average molecular weight is 473 g/mol. The summed E-state index contributed by atoms with van der Waals surface area (Å²) in [5.41, 5.74) is 5.60. The van der Waals surface area contributed by atoms with Crippen molar-refractivity contribution in [2.24, 2.45) is 34.3 Å². The van der Waals surface area contributed by atoms with E-state index < -0.39 is 11.7 Å². The molecular weight excluding hydrogens is 432 g/mol. The van der Waals surface area contributed by atoms with Crippen LogP contribution in [0.25, 0.3) is 0 Å². The van der Waals surface area contributed by atoms with Crippen LogP contribution in [0.4, 0.5) is 4.79 Å². The molecule has 0 unspecified atom stereocenters. The van der Waals surface area contributed by atoms with Crippen LogP contribution < -0.4 is 11.4 Å².